The first-order valence-electron chi connectivity index (χ1n) is 7.48. The summed E-state index contributed by atoms with van der Waals surface area (Å²) in [6.45, 7) is 1.97. The summed E-state index contributed by atoms with van der Waals surface area (Å²) in [4.78, 5) is 12.0. The molecule has 0 fully saturated rings. The molecule has 124 valence electrons. The van der Waals surface area contributed by atoms with Crippen LogP contribution in [0.4, 0.5) is 5.69 Å². The van der Waals surface area contributed by atoms with Crippen molar-refractivity contribution in [3.8, 4) is 5.75 Å². The quantitative estimate of drug-likeness (QED) is 0.696. The fourth-order valence-corrected chi connectivity index (χ4v) is 2.28. The van der Waals surface area contributed by atoms with Gasteiger partial charge in [-0.05, 0) is 31.2 Å². The third-order valence-electron chi connectivity index (χ3n) is 3.40. The SMILES string of the molecule is COc1ccccc1NCC(=O)NC(C)CC(O)c1ccco1. The van der Waals surface area contributed by atoms with Gasteiger partial charge in [0, 0.05) is 12.5 Å². The Kier molecular flexibility index (Phi) is 6.05. The van der Waals surface area contributed by atoms with Crippen molar-refractivity contribution < 1.29 is 19.1 Å². The van der Waals surface area contributed by atoms with Crippen LogP contribution in [0.15, 0.2) is 47.1 Å². The van der Waals surface area contributed by atoms with Crippen LogP contribution < -0.4 is 15.4 Å². The van der Waals surface area contributed by atoms with E-state index in [1.165, 1.54) is 6.26 Å². The first kappa shape index (κ1) is 16.9. The topological polar surface area (TPSA) is 83.7 Å². The number of anilines is 1. The van der Waals surface area contributed by atoms with Gasteiger partial charge < -0.3 is 24.9 Å². The number of aliphatic hydroxyl groups excluding tert-OH is 1. The van der Waals surface area contributed by atoms with Crippen molar-refractivity contribution in [2.75, 3.05) is 19.0 Å². The number of methoxy groups -OCH3 is 1. The predicted octanol–water partition coefficient (Wildman–Crippen LogP) is 2.33. The smallest absolute Gasteiger partial charge is 0.239 e. The Morgan fingerprint density at radius 2 is 2.09 bits per heavy atom. The number of aliphatic hydroxyl groups is 1. The summed E-state index contributed by atoms with van der Waals surface area (Å²) in [5.41, 5.74) is 0.758. The van der Waals surface area contributed by atoms with Crippen LogP contribution in [-0.2, 0) is 4.79 Å². The Bertz CT molecular complexity index is 613. The normalized spacial score (nSPS) is 13.2. The fourth-order valence-electron chi connectivity index (χ4n) is 2.28. The molecule has 2 rings (SSSR count). The number of para-hydroxylation sites is 2. The molecule has 2 unspecified atom stereocenters. The Labute approximate surface area is 135 Å². The van der Waals surface area contributed by atoms with Crippen molar-refractivity contribution in [3.05, 3.63) is 48.4 Å². The molecule has 1 aromatic heterocycles. The first-order chi connectivity index (χ1) is 11.1. The minimum absolute atomic E-state index is 0.127. The molecule has 1 amide bonds. The van der Waals surface area contributed by atoms with Gasteiger partial charge in [-0.3, -0.25) is 4.79 Å². The Morgan fingerprint density at radius 1 is 1.30 bits per heavy atom. The van der Waals surface area contributed by atoms with E-state index in [0.29, 0.717) is 17.9 Å². The van der Waals surface area contributed by atoms with E-state index in [4.69, 9.17) is 9.15 Å². The number of hydrogen-bond donors (Lipinski definition) is 3. The van der Waals surface area contributed by atoms with E-state index in [1.54, 1.807) is 19.2 Å². The van der Waals surface area contributed by atoms with Gasteiger partial charge in [0.25, 0.3) is 0 Å². The van der Waals surface area contributed by atoms with Crippen LogP contribution in [0.5, 0.6) is 5.75 Å². The molecule has 2 aromatic rings. The number of carbonyl (C=O) groups is 1. The molecule has 1 aromatic carbocycles. The maximum absolute atomic E-state index is 12.0. The zero-order valence-electron chi connectivity index (χ0n) is 13.3. The van der Waals surface area contributed by atoms with Gasteiger partial charge in [0.1, 0.15) is 17.6 Å². The third kappa shape index (κ3) is 5.03. The van der Waals surface area contributed by atoms with Gasteiger partial charge >= 0.3 is 0 Å². The average molecular weight is 318 g/mol. The molecule has 0 radical (unpaired) electrons. The van der Waals surface area contributed by atoms with Crippen LogP contribution in [0, 0.1) is 0 Å². The standard InChI is InChI=1S/C17H22N2O4/c1-12(10-14(20)16-8-5-9-23-16)19-17(21)11-18-13-6-3-4-7-15(13)22-2/h3-9,12,14,18,20H,10-11H2,1-2H3,(H,19,21). The lowest BCUT2D eigenvalue weighted by molar-refractivity contribution is -0.120. The molecule has 23 heavy (non-hydrogen) atoms. The minimum Gasteiger partial charge on any atom is -0.495 e. The van der Waals surface area contributed by atoms with Crippen molar-refractivity contribution in [3.63, 3.8) is 0 Å². The molecule has 0 aliphatic heterocycles. The molecule has 0 aliphatic rings. The highest BCUT2D eigenvalue weighted by Gasteiger charge is 2.16. The fraction of sp³-hybridized carbons (Fsp3) is 0.353. The minimum atomic E-state index is -0.734. The molecule has 0 bridgehead atoms. The van der Waals surface area contributed by atoms with Crippen molar-refractivity contribution in [2.45, 2.75) is 25.5 Å². The van der Waals surface area contributed by atoms with Crippen LogP contribution in [-0.4, -0.2) is 30.7 Å². The van der Waals surface area contributed by atoms with E-state index in [0.717, 1.165) is 5.69 Å². The molecule has 3 N–H and O–H groups in total. The monoisotopic (exact) mass is 318 g/mol. The van der Waals surface area contributed by atoms with Gasteiger partial charge in [0.15, 0.2) is 0 Å². The summed E-state index contributed by atoms with van der Waals surface area (Å²) in [5.74, 6) is 1.02. The van der Waals surface area contributed by atoms with Crippen LogP contribution >= 0.6 is 0 Å². The lowest BCUT2D eigenvalue weighted by atomic mass is 10.1. The summed E-state index contributed by atoms with van der Waals surface area (Å²) in [6.07, 6.45) is 1.16. The van der Waals surface area contributed by atoms with Crippen LogP contribution in [0.3, 0.4) is 0 Å². The molecule has 0 saturated carbocycles. The number of benzene rings is 1. The van der Waals surface area contributed by atoms with E-state index in [2.05, 4.69) is 10.6 Å². The maximum atomic E-state index is 12.0. The zero-order chi connectivity index (χ0) is 16.7. The summed E-state index contributed by atoms with van der Waals surface area (Å²) in [6, 6.07) is 10.6. The van der Waals surface area contributed by atoms with Gasteiger partial charge in [-0.25, -0.2) is 0 Å². The second kappa shape index (κ2) is 8.24. The van der Waals surface area contributed by atoms with Gasteiger partial charge in [-0.1, -0.05) is 12.1 Å². The second-order valence-electron chi connectivity index (χ2n) is 5.29. The van der Waals surface area contributed by atoms with Crippen LogP contribution in [0.25, 0.3) is 0 Å². The molecule has 0 aliphatic carbocycles. The Morgan fingerprint density at radius 3 is 2.78 bits per heavy atom. The number of ether oxygens (including phenoxy) is 1. The molecular formula is C17H22N2O4. The summed E-state index contributed by atoms with van der Waals surface area (Å²) in [7, 11) is 1.58. The number of hydrogen-bond acceptors (Lipinski definition) is 5. The predicted molar refractivity (Wildman–Crippen MR) is 87.4 cm³/mol. The van der Waals surface area contributed by atoms with Crippen LogP contribution in [0.2, 0.25) is 0 Å². The Balaban J connectivity index is 1.78. The van der Waals surface area contributed by atoms with Crippen LogP contribution in [0.1, 0.15) is 25.2 Å². The van der Waals surface area contributed by atoms with E-state index in [1.807, 2.05) is 31.2 Å². The zero-order valence-corrected chi connectivity index (χ0v) is 13.3. The van der Waals surface area contributed by atoms with E-state index >= 15 is 0 Å². The third-order valence-corrected chi connectivity index (χ3v) is 3.40. The van der Waals surface area contributed by atoms with Gasteiger partial charge in [-0.2, -0.15) is 0 Å². The summed E-state index contributed by atoms with van der Waals surface area (Å²) in [5, 5.41) is 15.9. The van der Waals surface area contributed by atoms with Gasteiger partial charge in [0.2, 0.25) is 5.91 Å². The largest absolute Gasteiger partial charge is 0.495 e. The lowest BCUT2D eigenvalue weighted by Gasteiger charge is -2.17. The van der Waals surface area contributed by atoms with Gasteiger partial charge in [0.05, 0.1) is 25.6 Å². The van der Waals surface area contributed by atoms with Crippen molar-refractivity contribution in [2.24, 2.45) is 0 Å². The highest BCUT2D eigenvalue weighted by atomic mass is 16.5. The number of carbonyl (C=O) groups excluding carboxylic acids is 1. The highest BCUT2D eigenvalue weighted by Crippen LogP contribution is 2.22. The van der Waals surface area contributed by atoms with E-state index in [-0.39, 0.29) is 18.5 Å². The Hall–Kier alpha value is -2.47. The highest BCUT2D eigenvalue weighted by molar-refractivity contribution is 5.81. The average Bonchev–Trinajstić information content (AvgIpc) is 3.07. The molecule has 1 heterocycles. The second-order valence-corrected chi connectivity index (χ2v) is 5.29. The summed E-state index contributed by atoms with van der Waals surface area (Å²) >= 11 is 0. The number of nitrogens with one attached hydrogen (secondary N) is 2. The lowest BCUT2D eigenvalue weighted by Crippen LogP contribution is -2.37. The number of furan rings is 1. The summed E-state index contributed by atoms with van der Waals surface area (Å²) < 4.78 is 10.4. The number of rotatable bonds is 8. The molecule has 6 nitrogen and oxygen atoms in total. The molecule has 0 saturated heterocycles. The molecule has 2 atom stereocenters. The van der Waals surface area contributed by atoms with Crippen molar-refractivity contribution in [1.82, 2.24) is 5.32 Å². The first-order valence-corrected chi connectivity index (χ1v) is 7.48. The molecular weight excluding hydrogens is 296 g/mol. The number of amides is 1. The van der Waals surface area contributed by atoms with Crippen molar-refractivity contribution >= 4 is 11.6 Å². The maximum Gasteiger partial charge on any atom is 0.239 e. The van der Waals surface area contributed by atoms with Crippen molar-refractivity contribution in [1.29, 1.82) is 0 Å². The van der Waals surface area contributed by atoms with E-state index in [9.17, 15) is 9.90 Å². The van der Waals surface area contributed by atoms with E-state index < -0.39 is 6.10 Å². The van der Waals surface area contributed by atoms with Gasteiger partial charge in [-0.15, -0.1) is 0 Å². The molecule has 0 spiro atoms. The molecule has 6 heteroatoms.